The Hall–Kier alpha value is -1.86. The lowest BCUT2D eigenvalue weighted by Gasteiger charge is -2.07. The Labute approximate surface area is 81.6 Å². The van der Waals surface area contributed by atoms with Crippen molar-refractivity contribution in [3.63, 3.8) is 0 Å². The van der Waals surface area contributed by atoms with Gasteiger partial charge in [0.2, 0.25) is 0 Å². The maximum Gasteiger partial charge on any atom is 0.336 e. The zero-order chi connectivity index (χ0) is 11.6. The first-order valence-corrected chi connectivity index (χ1v) is 3.64. The van der Waals surface area contributed by atoms with Crippen molar-refractivity contribution in [3.05, 3.63) is 27.8 Å². The normalized spacial score (nSPS) is 10.5. The summed E-state index contributed by atoms with van der Waals surface area (Å²) < 4.78 is 42.1. The number of nitrogens with zero attached hydrogens (tertiary/aromatic N) is 2. The molecule has 0 aliphatic carbocycles. The van der Waals surface area contributed by atoms with Crippen molar-refractivity contribution in [1.29, 1.82) is 0 Å². The van der Waals surface area contributed by atoms with Crippen molar-refractivity contribution in [3.8, 4) is 5.75 Å². The summed E-state index contributed by atoms with van der Waals surface area (Å²) in [7, 11) is 1.03. The molecule has 5 nitrogen and oxygen atoms in total. The Morgan fingerprint density at radius 3 is 2.60 bits per heavy atom. The summed E-state index contributed by atoms with van der Waals surface area (Å²) in [4.78, 5) is 12.0. The van der Waals surface area contributed by atoms with Gasteiger partial charge in [0.15, 0.2) is 5.75 Å². The fourth-order valence-corrected chi connectivity index (χ4v) is 1.02. The molecule has 1 aromatic heterocycles. The number of aromatic nitrogens is 1. The summed E-state index contributed by atoms with van der Waals surface area (Å²) in [5.41, 5.74) is -2.46. The third-order valence-electron chi connectivity index (χ3n) is 1.63. The second kappa shape index (κ2) is 4.11. The van der Waals surface area contributed by atoms with Crippen molar-refractivity contribution in [2.24, 2.45) is 0 Å². The van der Waals surface area contributed by atoms with E-state index in [9.17, 15) is 23.3 Å². The quantitative estimate of drug-likeness (QED) is 0.446. The third kappa shape index (κ3) is 1.97. The average Bonchev–Trinajstić information content (AvgIpc) is 2.16. The van der Waals surface area contributed by atoms with Gasteiger partial charge in [-0.2, -0.15) is 4.39 Å². The molecule has 15 heavy (non-hydrogen) atoms. The fourth-order valence-electron chi connectivity index (χ4n) is 1.02. The topological polar surface area (TPSA) is 65.3 Å². The number of hydrogen-bond donors (Lipinski definition) is 0. The van der Waals surface area contributed by atoms with Gasteiger partial charge in [0.1, 0.15) is 5.56 Å². The maximum atomic E-state index is 12.8. The Kier molecular flexibility index (Phi) is 3.08. The van der Waals surface area contributed by atoms with Gasteiger partial charge >= 0.3 is 5.69 Å². The Morgan fingerprint density at radius 1 is 1.60 bits per heavy atom. The Balaban J connectivity index is 3.51. The second-order valence-corrected chi connectivity index (χ2v) is 2.44. The van der Waals surface area contributed by atoms with Crippen molar-refractivity contribution < 1.29 is 22.8 Å². The highest BCUT2D eigenvalue weighted by Gasteiger charge is 2.31. The van der Waals surface area contributed by atoms with E-state index >= 15 is 0 Å². The van der Waals surface area contributed by atoms with E-state index in [4.69, 9.17) is 0 Å². The minimum atomic E-state index is -3.21. The fraction of sp³-hybridized carbons (Fsp3) is 0.286. The first-order valence-electron chi connectivity index (χ1n) is 3.64. The van der Waals surface area contributed by atoms with Crippen LogP contribution >= 0.6 is 0 Å². The molecule has 0 saturated carbocycles. The molecule has 0 aliphatic heterocycles. The molecule has 0 aliphatic rings. The summed E-state index contributed by atoms with van der Waals surface area (Å²) in [6, 6.07) is 0. The third-order valence-corrected chi connectivity index (χ3v) is 1.63. The number of pyridine rings is 1. The van der Waals surface area contributed by atoms with E-state index in [0.29, 0.717) is 6.20 Å². The molecule has 82 valence electrons. The molecule has 1 aromatic rings. The van der Waals surface area contributed by atoms with E-state index in [1.807, 2.05) is 0 Å². The van der Waals surface area contributed by atoms with E-state index < -0.39 is 34.3 Å². The van der Waals surface area contributed by atoms with Crippen LogP contribution in [-0.2, 0) is 0 Å². The standard InChI is InChI=1S/C7H5F3N2O3/c1-15-3-2-11-7(10)5(12(13)14)4(3)6(8)9/h2,6H,1H3. The average molecular weight is 222 g/mol. The van der Waals surface area contributed by atoms with Gasteiger partial charge in [-0.3, -0.25) is 10.1 Å². The molecule has 0 N–H and O–H groups in total. The van der Waals surface area contributed by atoms with Crippen LogP contribution < -0.4 is 4.74 Å². The zero-order valence-corrected chi connectivity index (χ0v) is 7.41. The lowest BCUT2D eigenvalue weighted by molar-refractivity contribution is -0.389. The molecule has 0 fully saturated rings. The molecule has 0 amide bonds. The van der Waals surface area contributed by atoms with Crippen molar-refractivity contribution in [2.45, 2.75) is 6.43 Å². The Morgan fingerprint density at radius 2 is 2.20 bits per heavy atom. The van der Waals surface area contributed by atoms with Crippen LogP contribution in [0.1, 0.15) is 12.0 Å². The van der Waals surface area contributed by atoms with Gasteiger partial charge in [0, 0.05) is 0 Å². The lowest BCUT2D eigenvalue weighted by Crippen LogP contribution is -2.04. The molecule has 0 unspecified atom stereocenters. The Bertz CT molecular complexity index is 397. The predicted octanol–water partition coefficient (Wildman–Crippen LogP) is 2.08. The first kappa shape index (κ1) is 11.2. The predicted molar refractivity (Wildman–Crippen MR) is 42.4 cm³/mol. The minimum absolute atomic E-state index is 0.516. The summed E-state index contributed by atoms with van der Waals surface area (Å²) in [6.07, 6.45) is -2.54. The summed E-state index contributed by atoms with van der Waals surface area (Å²) >= 11 is 0. The van der Waals surface area contributed by atoms with Crippen molar-refractivity contribution in [1.82, 2.24) is 4.98 Å². The number of alkyl halides is 2. The van der Waals surface area contributed by atoms with Crippen molar-refractivity contribution in [2.75, 3.05) is 7.11 Å². The molecule has 0 spiro atoms. The van der Waals surface area contributed by atoms with Gasteiger partial charge in [0.05, 0.1) is 18.2 Å². The second-order valence-electron chi connectivity index (χ2n) is 2.44. The molecule has 8 heteroatoms. The first-order chi connectivity index (χ1) is 6.99. The van der Waals surface area contributed by atoms with E-state index in [1.54, 1.807) is 0 Å². The molecule has 0 bridgehead atoms. The molecule has 0 atom stereocenters. The van der Waals surface area contributed by atoms with Crippen LogP contribution in [0.2, 0.25) is 0 Å². The molecule has 1 heterocycles. The maximum absolute atomic E-state index is 12.8. The smallest absolute Gasteiger partial charge is 0.336 e. The van der Waals surface area contributed by atoms with Crippen LogP contribution in [0.25, 0.3) is 0 Å². The van der Waals surface area contributed by atoms with Gasteiger partial charge in [-0.05, 0) is 0 Å². The van der Waals surface area contributed by atoms with Crippen LogP contribution in [0.15, 0.2) is 6.20 Å². The number of methoxy groups -OCH3 is 1. The van der Waals surface area contributed by atoms with Gasteiger partial charge in [-0.25, -0.2) is 13.8 Å². The van der Waals surface area contributed by atoms with Crippen molar-refractivity contribution >= 4 is 5.69 Å². The molecule has 1 rings (SSSR count). The number of ether oxygens (including phenoxy) is 1. The molecule has 0 saturated heterocycles. The summed E-state index contributed by atoms with van der Waals surface area (Å²) in [5.74, 6) is -2.07. The number of nitro groups is 1. The molecular weight excluding hydrogens is 217 g/mol. The van der Waals surface area contributed by atoms with Gasteiger partial charge in [-0.15, -0.1) is 0 Å². The molecular formula is C7H5F3N2O3. The number of rotatable bonds is 3. The van der Waals surface area contributed by atoms with Crippen LogP contribution in [-0.4, -0.2) is 17.0 Å². The van der Waals surface area contributed by atoms with Gasteiger partial charge in [-0.1, -0.05) is 0 Å². The highest BCUT2D eigenvalue weighted by molar-refractivity contribution is 5.48. The van der Waals surface area contributed by atoms with E-state index in [-0.39, 0.29) is 0 Å². The largest absolute Gasteiger partial charge is 0.494 e. The number of halogens is 3. The van der Waals surface area contributed by atoms with Gasteiger partial charge < -0.3 is 4.74 Å². The van der Waals surface area contributed by atoms with E-state index in [0.717, 1.165) is 7.11 Å². The minimum Gasteiger partial charge on any atom is -0.494 e. The summed E-state index contributed by atoms with van der Waals surface area (Å²) in [5, 5.41) is 10.4. The zero-order valence-electron chi connectivity index (χ0n) is 7.41. The van der Waals surface area contributed by atoms with Crippen LogP contribution in [0.3, 0.4) is 0 Å². The van der Waals surface area contributed by atoms with Gasteiger partial charge in [0.25, 0.3) is 12.4 Å². The van der Waals surface area contributed by atoms with E-state index in [1.165, 1.54) is 0 Å². The van der Waals surface area contributed by atoms with Crippen LogP contribution in [0, 0.1) is 16.1 Å². The summed E-state index contributed by atoms with van der Waals surface area (Å²) in [6.45, 7) is 0. The SMILES string of the molecule is COc1cnc(F)c([N+](=O)[O-])c1C(F)F. The molecule has 0 radical (unpaired) electrons. The highest BCUT2D eigenvalue weighted by Crippen LogP contribution is 2.37. The number of hydrogen-bond acceptors (Lipinski definition) is 4. The van der Waals surface area contributed by atoms with Crippen LogP contribution in [0.4, 0.5) is 18.9 Å². The lowest BCUT2D eigenvalue weighted by atomic mass is 10.2. The van der Waals surface area contributed by atoms with Crippen LogP contribution in [0.5, 0.6) is 5.75 Å². The monoisotopic (exact) mass is 222 g/mol. The van der Waals surface area contributed by atoms with E-state index in [2.05, 4.69) is 9.72 Å². The molecule has 0 aromatic carbocycles. The highest BCUT2D eigenvalue weighted by atomic mass is 19.3.